The molecule has 0 saturated heterocycles. The second kappa shape index (κ2) is 10.6. The molecule has 0 aliphatic rings. The zero-order valence-corrected chi connectivity index (χ0v) is 19.7. The van der Waals surface area contributed by atoms with Crippen molar-refractivity contribution >= 4 is 11.6 Å². The third-order valence-electron chi connectivity index (χ3n) is 5.79. The van der Waals surface area contributed by atoms with E-state index in [0.717, 1.165) is 60.1 Å². The number of rotatable bonds is 10. The van der Waals surface area contributed by atoms with Crippen molar-refractivity contribution in [1.29, 1.82) is 0 Å². The molecule has 4 rings (SSSR count). The lowest BCUT2D eigenvalue weighted by Crippen LogP contribution is -2.26. The van der Waals surface area contributed by atoms with Crippen LogP contribution in [0.4, 0.5) is 0 Å². The van der Waals surface area contributed by atoms with Crippen LogP contribution in [0.15, 0.2) is 47.5 Å². The smallest absolute Gasteiger partial charge is 0.290 e. The summed E-state index contributed by atoms with van der Waals surface area (Å²) >= 11 is 6.72. The lowest BCUT2D eigenvalue weighted by molar-refractivity contribution is 0.573. The molecule has 0 bridgehead atoms. The van der Waals surface area contributed by atoms with Crippen LogP contribution < -0.4 is 5.69 Å². The normalized spacial score (nSPS) is 11.2. The Bertz CT molecular complexity index is 1260. The summed E-state index contributed by atoms with van der Waals surface area (Å²) < 4.78 is 3.55. The highest BCUT2D eigenvalue weighted by atomic mass is 35.5. The van der Waals surface area contributed by atoms with E-state index in [0.29, 0.717) is 24.1 Å². The van der Waals surface area contributed by atoms with Gasteiger partial charge in [-0.3, -0.25) is 14.1 Å². The van der Waals surface area contributed by atoms with Gasteiger partial charge in [-0.2, -0.15) is 0 Å². The van der Waals surface area contributed by atoms with E-state index in [4.69, 9.17) is 11.6 Å². The van der Waals surface area contributed by atoms with Gasteiger partial charge in [0.1, 0.15) is 5.15 Å². The molecule has 0 saturated carbocycles. The molecule has 0 radical (unpaired) electrons. The van der Waals surface area contributed by atoms with Crippen molar-refractivity contribution in [3.05, 3.63) is 69.6 Å². The molecule has 0 amide bonds. The van der Waals surface area contributed by atoms with Crippen molar-refractivity contribution in [3.8, 4) is 22.5 Å². The van der Waals surface area contributed by atoms with E-state index < -0.39 is 0 Å². The van der Waals surface area contributed by atoms with Gasteiger partial charge in [0, 0.05) is 24.5 Å². The van der Waals surface area contributed by atoms with Gasteiger partial charge >= 0.3 is 5.69 Å². The summed E-state index contributed by atoms with van der Waals surface area (Å²) in [7, 11) is 0. The largest absolute Gasteiger partial charge is 0.329 e. The van der Waals surface area contributed by atoms with Crippen LogP contribution in [-0.2, 0) is 19.5 Å². The summed E-state index contributed by atoms with van der Waals surface area (Å²) in [5, 5.41) is 14.8. The summed E-state index contributed by atoms with van der Waals surface area (Å²) in [4.78, 5) is 17.6. The zero-order chi connectivity index (χ0) is 23.2. The highest BCUT2D eigenvalue weighted by Crippen LogP contribution is 2.32. The molecule has 0 atom stereocenters. The Morgan fingerprint density at radius 1 is 1.00 bits per heavy atom. The number of imidazole rings is 1. The quantitative estimate of drug-likeness (QED) is 0.341. The molecule has 0 aliphatic carbocycles. The van der Waals surface area contributed by atoms with E-state index in [1.54, 1.807) is 17.0 Å². The van der Waals surface area contributed by atoms with Gasteiger partial charge in [0.25, 0.3) is 0 Å². The first-order chi connectivity index (χ1) is 16.2. The highest BCUT2D eigenvalue weighted by molar-refractivity contribution is 6.30. The summed E-state index contributed by atoms with van der Waals surface area (Å²) in [5.74, 6) is 0.543. The maximum absolute atomic E-state index is 13.4. The third kappa shape index (κ3) is 4.75. The monoisotopic (exact) mass is 465 g/mol. The molecule has 0 fully saturated rings. The zero-order valence-electron chi connectivity index (χ0n) is 19.0. The fourth-order valence-electron chi connectivity index (χ4n) is 4.15. The predicted molar refractivity (Wildman–Crippen MR) is 129 cm³/mol. The van der Waals surface area contributed by atoms with E-state index in [2.05, 4.69) is 39.5 Å². The molecular formula is C24H28ClN7O. The SMILES string of the molecule is CCCCCn1c(Cl)c(CCC)n(Cc2ccccc2-c2ccncc2-c2nnn[nH]2)c1=O. The lowest BCUT2D eigenvalue weighted by atomic mass is 9.96. The molecule has 0 spiro atoms. The molecule has 1 N–H and O–H groups in total. The Morgan fingerprint density at radius 3 is 2.61 bits per heavy atom. The number of nitrogens with one attached hydrogen (secondary N) is 1. The Hall–Kier alpha value is -3.26. The highest BCUT2D eigenvalue weighted by Gasteiger charge is 2.20. The minimum atomic E-state index is -0.0521. The minimum absolute atomic E-state index is 0.0521. The number of aromatic amines is 1. The molecule has 172 valence electrons. The average Bonchev–Trinajstić information content (AvgIpc) is 3.45. The first kappa shape index (κ1) is 22.9. The molecule has 0 unspecified atom stereocenters. The maximum atomic E-state index is 13.4. The van der Waals surface area contributed by atoms with Crippen molar-refractivity contribution in [2.24, 2.45) is 0 Å². The van der Waals surface area contributed by atoms with Gasteiger partial charge in [0.15, 0.2) is 5.82 Å². The summed E-state index contributed by atoms with van der Waals surface area (Å²) in [6.07, 6.45) is 8.25. The molecular weight excluding hydrogens is 438 g/mol. The van der Waals surface area contributed by atoms with Crippen LogP contribution in [0.3, 0.4) is 0 Å². The fourth-order valence-corrected chi connectivity index (χ4v) is 4.50. The first-order valence-electron chi connectivity index (χ1n) is 11.4. The second-order valence-electron chi connectivity index (χ2n) is 8.04. The van der Waals surface area contributed by atoms with Crippen molar-refractivity contribution in [2.45, 2.75) is 59.0 Å². The van der Waals surface area contributed by atoms with E-state index in [-0.39, 0.29) is 5.69 Å². The number of benzene rings is 1. The van der Waals surface area contributed by atoms with Gasteiger partial charge in [0.2, 0.25) is 0 Å². The maximum Gasteiger partial charge on any atom is 0.329 e. The van der Waals surface area contributed by atoms with Gasteiger partial charge in [-0.05, 0) is 46.0 Å². The van der Waals surface area contributed by atoms with Crippen LogP contribution >= 0.6 is 11.6 Å². The van der Waals surface area contributed by atoms with Gasteiger partial charge in [-0.25, -0.2) is 9.89 Å². The van der Waals surface area contributed by atoms with Crippen LogP contribution in [-0.4, -0.2) is 34.7 Å². The first-order valence-corrected chi connectivity index (χ1v) is 11.8. The standard InChI is InChI=1S/C24H28ClN7O/c1-3-5-8-14-31-22(25)21(9-4-2)32(24(31)33)16-17-10-6-7-11-18(17)19-12-13-26-15-20(19)23-27-29-30-28-23/h6-7,10-13,15H,3-5,8-9,14,16H2,1-2H3,(H,27,28,29,30). The summed E-state index contributed by atoms with van der Waals surface area (Å²) in [5.41, 5.74) is 4.59. The number of nitrogens with zero attached hydrogens (tertiary/aromatic N) is 6. The van der Waals surface area contributed by atoms with Crippen LogP contribution in [0.5, 0.6) is 0 Å². The molecule has 33 heavy (non-hydrogen) atoms. The summed E-state index contributed by atoms with van der Waals surface area (Å²) in [6, 6.07) is 10.0. The number of unbranched alkanes of at least 4 members (excludes halogenated alkanes) is 2. The van der Waals surface area contributed by atoms with Crippen molar-refractivity contribution in [3.63, 3.8) is 0 Å². The lowest BCUT2D eigenvalue weighted by Gasteiger charge is -2.14. The Labute approximate surface area is 197 Å². The van der Waals surface area contributed by atoms with Crippen LogP contribution in [0.25, 0.3) is 22.5 Å². The Kier molecular flexibility index (Phi) is 7.34. The van der Waals surface area contributed by atoms with Crippen LogP contribution in [0, 0.1) is 0 Å². The number of aromatic nitrogens is 7. The van der Waals surface area contributed by atoms with Gasteiger partial charge in [-0.15, -0.1) is 5.10 Å². The van der Waals surface area contributed by atoms with Crippen LogP contribution in [0.2, 0.25) is 5.15 Å². The molecule has 0 aliphatic heterocycles. The van der Waals surface area contributed by atoms with Gasteiger partial charge in [-0.1, -0.05) is 69.0 Å². The second-order valence-corrected chi connectivity index (χ2v) is 8.40. The van der Waals surface area contributed by atoms with Crippen molar-refractivity contribution in [2.75, 3.05) is 0 Å². The van der Waals surface area contributed by atoms with E-state index in [1.165, 1.54) is 0 Å². The number of H-pyrrole nitrogens is 1. The Balaban J connectivity index is 1.77. The third-order valence-corrected chi connectivity index (χ3v) is 6.21. The van der Waals surface area contributed by atoms with Crippen LogP contribution in [0.1, 0.15) is 50.8 Å². The molecule has 1 aromatic carbocycles. The number of hydrogen-bond acceptors (Lipinski definition) is 5. The molecule has 3 heterocycles. The van der Waals surface area contributed by atoms with E-state index >= 15 is 0 Å². The summed E-state index contributed by atoms with van der Waals surface area (Å²) in [6.45, 7) is 5.32. The van der Waals surface area contributed by atoms with E-state index in [9.17, 15) is 4.79 Å². The molecule has 9 heteroatoms. The predicted octanol–water partition coefficient (Wildman–Crippen LogP) is 4.74. The average molecular weight is 466 g/mol. The minimum Gasteiger partial charge on any atom is -0.290 e. The molecule has 8 nitrogen and oxygen atoms in total. The number of tetrazole rings is 1. The van der Waals surface area contributed by atoms with Crippen molar-refractivity contribution in [1.82, 2.24) is 34.7 Å². The Morgan fingerprint density at radius 2 is 1.85 bits per heavy atom. The molecule has 4 aromatic rings. The fraction of sp³-hybridized carbons (Fsp3) is 0.375. The number of pyridine rings is 1. The topological polar surface area (TPSA) is 94.3 Å². The van der Waals surface area contributed by atoms with Crippen molar-refractivity contribution < 1.29 is 0 Å². The number of halogens is 1. The van der Waals surface area contributed by atoms with Gasteiger partial charge in [0.05, 0.1) is 12.2 Å². The molecule has 3 aromatic heterocycles. The number of hydrogen-bond donors (Lipinski definition) is 1. The van der Waals surface area contributed by atoms with Gasteiger partial charge < -0.3 is 0 Å². The van der Waals surface area contributed by atoms with E-state index in [1.807, 2.05) is 34.9 Å².